The number of ether oxygens (including phenoxy) is 1. The first-order chi connectivity index (χ1) is 12.3. The molecule has 1 N–H and O–H groups in total. The highest BCUT2D eigenvalue weighted by Crippen LogP contribution is 2.35. The van der Waals surface area contributed by atoms with Gasteiger partial charge in [0.25, 0.3) is 0 Å². The monoisotopic (exact) mass is 329 g/mol. The molecule has 0 bridgehead atoms. The topological polar surface area (TPSA) is 68.1 Å². The molecule has 6 nitrogen and oxygen atoms in total. The van der Waals surface area contributed by atoms with Crippen LogP contribution in [0.25, 0.3) is 38.8 Å². The predicted molar refractivity (Wildman–Crippen MR) is 96.9 cm³/mol. The van der Waals surface area contributed by atoms with Crippen molar-refractivity contribution in [3.63, 3.8) is 0 Å². The van der Waals surface area contributed by atoms with E-state index < -0.39 is 0 Å². The van der Waals surface area contributed by atoms with E-state index in [0.29, 0.717) is 0 Å². The molecule has 0 fully saturated rings. The van der Waals surface area contributed by atoms with E-state index in [1.165, 1.54) is 0 Å². The van der Waals surface area contributed by atoms with Crippen molar-refractivity contribution in [2.24, 2.45) is 0 Å². The van der Waals surface area contributed by atoms with Crippen LogP contribution in [0.15, 0.2) is 48.9 Å². The van der Waals surface area contributed by atoms with E-state index in [2.05, 4.69) is 19.4 Å². The number of imidazole rings is 1. The Hall–Kier alpha value is -3.41. The Labute approximate surface area is 143 Å². The van der Waals surface area contributed by atoms with Gasteiger partial charge in [-0.2, -0.15) is 0 Å². The number of aromatic nitrogens is 5. The standard InChI is InChI=1S/C19H15N5O/c1-11-23-17(15-10-22-19-14(24(11)15)7-9-21-19)13-5-6-16(25-2)18-12(13)4-3-8-20-18/h3-10,21H,1-2H3. The van der Waals surface area contributed by atoms with Gasteiger partial charge in [-0.1, -0.05) is 6.07 Å². The zero-order valence-electron chi connectivity index (χ0n) is 13.8. The third-order valence-electron chi connectivity index (χ3n) is 4.55. The summed E-state index contributed by atoms with van der Waals surface area (Å²) in [4.78, 5) is 17.0. The molecule has 0 unspecified atom stereocenters. The molecule has 4 heterocycles. The van der Waals surface area contributed by atoms with E-state index in [1.54, 1.807) is 13.3 Å². The number of rotatable bonds is 2. The lowest BCUT2D eigenvalue weighted by molar-refractivity contribution is 0.419. The maximum absolute atomic E-state index is 5.45. The number of hydrogen-bond acceptors (Lipinski definition) is 4. The lowest BCUT2D eigenvalue weighted by Crippen LogP contribution is -1.92. The zero-order chi connectivity index (χ0) is 17.0. The third-order valence-corrected chi connectivity index (χ3v) is 4.55. The third kappa shape index (κ3) is 1.88. The van der Waals surface area contributed by atoms with Crippen LogP contribution in [0.4, 0.5) is 0 Å². The van der Waals surface area contributed by atoms with E-state index in [1.807, 2.05) is 49.6 Å². The van der Waals surface area contributed by atoms with E-state index in [4.69, 9.17) is 9.72 Å². The van der Waals surface area contributed by atoms with Gasteiger partial charge in [0.15, 0.2) is 5.65 Å². The fourth-order valence-electron chi connectivity index (χ4n) is 3.45. The quantitative estimate of drug-likeness (QED) is 0.536. The summed E-state index contributed by atoms with van der Waals surface area (Å²) in [6, 6.07) is 9.96. The molecule has 0 spiro atoms. The molecule has 6 heteroatoms. The number of aromatic amines is 1. The van der Waals surface area contributed by atoms with Crippen molar-refractivity contribution < 1.29 is 4.74 Å². The molecular formula is C19H15N5O. The van der Waals surface area contributed by atoms with Gasteiger partial charge >= 0.3 is 0 Å². The van der Waals surface area contributed by atoms with Gasteiger partial charge < -0.3 is 9.72 Å². The van der Waals surface area contributed by atoms with Crippen molar-refractivity contribution in [3.8, 4) is 17.0 Å². The molecule has 0 aliphatic carbocycles. The number of hydrogen-bond donors (Lipinski definition) is 1. The summed E-state index contributed by atoms with van der Waals surface area (Å²) in [5.74, 6) is 1.68. The Morgan fingerprint density at radius 2 is 2.00 bits per heavy atom. The Morgan fingerprint density at radius 1 is 1.08 bits per heavy atom. The molecule has 0 aliphatic heterocycles. The summed E-state index contributed by atoms with van der Waals surface area (Å²) in [6.07, 6.45) is 5.53. The fourth-order valence-corrected chi connectivity index (χ4v) is 3.45. The smallest absolute Gasteiger partial charge is 0.154 e. The Bertz CT molecular complexity index is 1250. The highest BCUT2D eigenvalue weighted by molar-refractivity contribution is 6.00. The molecule has 5 rings (SSSR count). The van der Waals surface area contributed by atoms with Gasteiger partial charge in [0.05, 0.1) is 30.0 Å². The second-order valence-corrected chi connectivity index (χ2v) is 5.91. The molecule has 0 saturated heterocycles. The zero-order valence-corrected chi connectivity index (χ0v) is 13.8. The van der Waals surface area contributed by atoms with Crippen LogP contribution >= 0.6 is 0 Å². The Kier molecular flexibility index (Phi) is 2.82. The summed E-state index contributed by atoms with van der Waals surface area (Å²) in [6.45, 7) is 2.01. The van der Waals surface area contributed by atoms with Gasteiger partial charge in [0.2, 0.25) is 0 Å². The van der Waals surface area contributed by atoms with Crippen LogP contribution in [0.5, 0.6) is 5.75 Å². The lowest BCUT2D eigenvalue weighted by Gasteiger charge is -2.08. The van der Waals surface area contributed by atoms with Gasteiger partial charge in [-0.05, 0) is 31.2 Å². The van der Waals surface area contributed by atoms with Crippen LogP contribution in [-0.2, 0) is 0 Å². The first-order valence-corrected chi connectivity index (χ1v) is 8.01. The highest BCUT2D eigenvalue weighted by atomic mass is 16.5. The average molecular weight is 329 g/mol. The van der Waals surface area contributed by atoms with Crippen LogP contribution in [-0.4, -0.2) is 31.4 Å². The molecule has 0 radical (unpaired) electrons. The minimum absolute atomic E-state index is 0.755. The van der Waals surface area contributed by atoms with Crippen molar-refractivity contribution in [1.29, 1.82) is 0 Å². The summed E-state index contributed by atoms with van der Waals surface area (Å²) in [5, 5.41) is 1.01. The molecule has 4 aromatic heterocycles. The van der Waals surface area contributed by atoms with Crippen LogP contribution in [0.3, 0.4) is 0 Å². The van der Waals surface area contributed by atoms with E-state index >= 15 is 0 Å². The lowest BCUT2D eigenvalue weighted by atomic mass is 10.0. The summed E-state index contributed by atoms with van der Waals surface area (Å²) >= 11 is 0. The number of nitrogens with one attached hydrogen (secondary N) is 1. The number of benzene rings is 1. The number of nitrogens with zero attached hydrogens (tertiary/aromatic N) is 4. The maximum atomic E-state index is 5.45. The van der Waals surface area contributed by atoms with E-state index in [-0.39, 0.29) is 0 Å². The Balaban J connectivity index is 1.90. The molecule has 0 amide bonds. The van der Waals surface area contributed by atoms with E-state index in [0.717, 1.165) is 50.4 Å². The maximum Gasteiger partial charge on any atom is 0.154 e. The van der Waals surface area contributed by atoms with Crippen LogP contribution in [0.2, 0.25) is 0 Å². The average Bonchev–Trinajstić information content (AvgIpc) is 3.25. The fraction of sp³-hybridized carbons (Fsp3) is 0.105. The molecule has 0 atom stereocenters. The Morgan fingerprint density at radius 3 is 2.88 bits per heavy atom. The normalized spacial score (nSPS) is 11.6. The SMILES string of the molecule is COc1ccc(-c2nc(C)n3c2cnc2[nH]ccc23)c2cccnc12. The number of H-pyrrole nitrogens is 1. The second kappa shape index (κ2) is 5.04. The predicted octanol–water partition coefficient (Wildman–Crippen LogP) is 3.74. The summed E-state index contributed by atoms with van der Waals surface area (Å²) in [5.41, 5.74) is 5.59. The minimum atomic E-state index is 0.755. The molecule has 0 saturated carbocycles. The molecule has 5 aromatic rings. The molecular weight excluding hydrogens is 314 g/mol. The number of aryl methyl sites for hydroxylation is 1. The van der Waals surface area contributed by atoms with Crippen molar-refractivity contribution in [2.75, 3.05) is 7.11 Å². The van der Waals surface area contributed by atoms with Crippen LogP contribution in [0.1, 0.15) is 5.82 Å². The largest absolute Gasteiger partial charge is 0.494 e. The van der Waals surface area contributed by atoms with Crippen LogP contribution < -0.4 is 4.74 Å². The highest BCUT2D eigenvalue weighted by Gasteiger charge is 2.17. The van der Waals surface area contributed by atoms with Gasteiger partial charge in [-0.3, -0.25) is 9.38 Å². The van der Waals surface area contributed by atoms with Crippen molar-refractivity contribution >= 4 is 27.6 Å². The van der Waals surface area contributed by atoms with Gasteiger partial charge in [-0.15, -0.1) is 0 Å². The molecule has 1 aromatic carbocycles. The van der Waals surface area contributed by atoms with Crippen molar-refractivity contribution in [3.05, 3.63) is 54.7 Å². The summed E-state index contributed by atoms with van der Waals surface area (Å²) in [7, 11) is 1.66. The first-order valence-electron chi connectivity index (χ1n) is 8.01. The minimum Gasteiger partial charge on any atom is -0.494 e. The van der Waals surface area contributed by atoms with Gasteiger partial charge in [-0.25, -0.2) is 9.97 Å². The van der Waals surface area contributed by atoms with Crippen molar-refractivity contribution in [2.45, 2.75) is 6.92 Å². The number of methoxy groups -OCH3 is 1. The van der Waals surface area contributed by atoms with E-state index in [9.17, 15) is 0 Å². The van der Waals surface area contributed by atoms with Crippen molar-refractivity contribution in [1.82, 2.24) is 24.3 Å². The van der Waals surface area contributed by atoms with Gasteiger partial charge in [0, 0.05) is 23.3 Å². The number of pyridine rings is 1. The molecule has 0 aliphatic rings. The van der Waals surface area contributed by atoms with Gasteiger partial charge in [0.1, 0.15) is 17.1 Å². The first kappa shape index (κ1) is 14.0. The molecule has 25 heavy (non-hydrogen) atoms. The molecule has 122 valence electrons. The van der Waals surface area contributed by atoms with Crippen LogP contribution in [0, 0.1) is 6.92 Å². The summed E-state index contributed by atoms with van der Waals surface area (Å²) < 4.78 is 7.58. The number of fused-ring (bicyclic) bond motifs is 4. The second-order valence-electron chi connectivity index (χ2n) is 5.91.